The number of nitrogens with one attached hydrogen (secondary N) is 2. The van der Waals surface area contributed by atoms with Gasteiger partial charge in [-0.3, -0.25) is 10.00 Å². The first-order chi connectivity index (χ1) is 13.2. The molecule has 2 aromatic heterocycles. The number of halogens is 1. The molecule has 0 radical (unpaired) electrons. The van der Waals surface area contributed by atoms with Crippen LogP contribution in [0.4, 0.5) is 4.39 Å². The standard InChI is InChI=1S/C21H25FN4O/c1-15-2-7-20(27-15)21-17(13-24-25-21)12-23-19-8-10-26(11-9-19)14-16-3-5-18(22)6-4-16/h2-7,13,19,23H,8-12,14H2,1H3,(H,24,25). The van der Waals surface area contributed by atoms with Crippen LogP contribution in [0.15, 0.2) is 47.0 Å². The Bertz CT molecular complexity index is 862. The number of hydrogen-bond donors (Lipinski definition) is 2. The molecule has 1 aliphatic heterocycles. The molecule has 1 saturated heterocycles. The van der Waals surface area contributed by atoms with E-state index in [1.165, 1.54) is 17.7 Å². The van der Waals surface area contributed by atoms with Crippen LogP contribution in [-0.2, 0) is 13.1 Å². The lowest BCUT2D eigenvalue weighted by Gasteiger charge is -2.32. The van der Waals surface area contributed by atoms with Gasteiger partial charge >= 0.3 is 0 Å². The molecule has 3 heterocycles. The highest BCUT2D eigenvalue weighted by Gasteiger charge is 2.20. The van der Waals surface area contributed by atoms with E-state index >= 15 is 0 Å². The number of rotatable bonds is 6. The predicted octanol–water partition coefficient (Wildman–Crippen LogP) is 3.87. The van der Waals surface area contributed by atoms with Crippen LogP contribution in [0.2, 0.25) is 0 Å². The maximum absolute atomic E-state index is 13.0. The van der Waals surface area contributed by atoms with Crippen molar-refractivity contribution in [2.24, 2.45) is 0 Å². The normalized spacial score (nSPS) is 16.1. The van der Waals surface area contributed by atoms with Gasteiger partial charge < -0.3 is 9.73 Å². The number of aromatic amines is 1. The van der Waals surface area contributed by atoms with E-state index in [0.29, 0.717) is 6.04 Å². The van der Waals surface area contributed by atoms with Crippen molar-refractivity contribution in [3.8, 4) is 11.5 Å². The van der Waals surface area contributed by atoms with E-state index in [2.05, 4.69) is 20.4 Å². The number of nitrogens with zero attached hydrogens (tertiary/aromatic N) is 2. The molecule has 142 valence electrons. The van der Waals surface area contributed by atoms with E-state index in [4.69, 9.17) is 4.42 Å². The largest absolute Gasteiger partial charge is 0.460 e. The Morgan fingerprint density at radius 1 is 1.19 bits per heavy atom. The second-order valence-electron chi connectivity index (χ2n) is 7.24. The van der Waals surface area contributed by atoms with Gasteiger partial charge in [-0.2, -0.15) is 5.10 Å². The Hall–Kier alpha value is -2.44. The first-order valence-electron chi connectivity index (χ1n) is 9.46. The maximum atomic E-state index is 13.0. The summed E-state index contributed by atoms with van der Waals surface area (Å²) in [4.78, 5) is 2.43. The third-order valence-corrected chi connectivity index (χ3v) is 5.19. The fourth-order valence-corrected chi connectivity index (χ4v) is 3.62. The van der Waals surface area contributed by atoms with Crippen molar-refractivity contribution in [3.05, 3.63) is 65.3 Å². The average Bonchev–Trinajstić information content (AvgIpc) is 3.31. The van der Waals surface area contributed by atoms with Gasteiger partial charge in [-0.15, -0.1) is 0 Å². The minimum atomic E-state index is -0.176. The summed E-state index contributed by atoms with van der Waals surface area (Å²) in [6, 6.07) is 11.2. The van der Waals surface area contributed by atoms with Gasteiger partial charge in [0.15, 0.2) is 5.76 Å². The molecule has 0 spiro atoms. The fraction of sp³-hybridized carbons (Fsp3) is 0.381. The summed E-state index contributed by atoms with van der Waals surface area (Å²) in [7, 11) is 0. The Morgan fingerprint density at radius 2 is 1.96 bits per heavy atom. The molecule has 4 rings (SSSR count). The Labute approximate surface area is 158 Å². The second kappa shape index (κ2) is 8.06. The Balaban J connectivity index is 1.27. The number of likely N-dealkylation sites (tertiary alicyclic amines) is 1. The average molecular weight is 368 g/mol. The zero-order chi connectivity index (χ0) is 18.6. The lowest BCUT2D eigenvalue weighted by molar-refractivity contribution is 0.190. The van der Waals surface area contributed by atoms with Crippen LogP contribution >= 0.6 is 0 Å². The van der Waals surface area contributed by atoms with Crippen molar-refractivity contribution in [1.29, 1.82) is 0 Å². The van der Waals surface area contributed by atoms with Crippen LogP contribution in [-0.4, -0.2) is 34.2 Å². The molecule has 0 atom stereocenters. The van der Waals surface area contributed by atoms with Gasteiger partial charge in [-0.1, -0.05) is 12.1 Å². The maximum Gasteiger partial charge on any atom is 0.152 e. The van der Waals surface area contributed by atoms with Crippen LogP contribution in [0.25, 0.3) is 11.5 Å². The highest BCUT2D eigenvalue weighted by atomic mass is 19.1. The smallest absolute Gasteiger partial charge is 0.152 e. The zero-order valence-electron chi connectivity index (χ0n) is 15.5. The molecule has 0 unspecified atom stereocenters. The molecule has 0 aliphatic carbocycles. The van der Waals surface area contributed by atoms with E-state index < -0.39 is 0 Å². The highest BCUT2D eigenvalue weighted by Crippen LogP contribution is 2.23. The molecule has 0 bridgehead atoms. The number of piperidine rings is 1. The molecular weight excluding hydrogens is 343 g/mol. The third-order valence-electron chi connectivity index (χ3n) is 5.19. The number of aromatic nitrogens is 2. The van der Waals surface area contributed by atoms with Crippen molar-refractivity contribution >= 4 is 0 Å². The van der Waals surface area contributed by atoms with Gasteiger partial charge in [0.25, 0.3) is 0 Å². The summed E-state index contributed by atoms with van der Waals surface area (Å²) in [5.41, 5.74) is 3.24. The van der Waals surface area contributed by atoms with E-state index in [0.717, 1.165) is 61.8 Å². The molecular formula is C21H25FN4O. The zero-order valence-corrected chi connectivity index (χ0v) is 15.5. The van der Waals surface area contributed by atoms with Crippen LogP contribution in [0.5, 0.6) is 0 Å². The molecule has 0 amide bonds. The van der Waals surface area contributed by atoms with Gasteiger partial charge in [-0.25, -0.2) is 4.39 Å². The van der Waals surface area contributed by atoms with Crippen molar-refractivity contribution in [3.63, 3.8) is 0 Å². The van der Waals surface area contributed by atoms with E-state index in [9.17, 15) is 4.39 Å². The molecule has 5 nitrogen and oxygen atoms in total. The van der Waals surface area contributed by atoms with Crippen LogP contribution in [0.3, 0.4) is 0 Å². The molecule has 1 aromatic carbocycles. The van der Waals surface area contributed by atoms with Crippen LogP contribution in [0.1, 0.15) is 29.7 Å². The summed E-state index contributed by atoms with van der Waals surface area (Å²) in [5, 5.41) is 10.9. The van der Waals surface area contributed by atoms with Gasteiger partial charge in [-0.05, 0) is 62.7 Å². The number of aryl methyl sites for hydroxylation is 1. The molecule has 1 fully saturated rings. The van der Waals surface area contributed by atoms with Crippen molar-refractivity contribution in [2.75, 3.05) is 13.1 Å². The van der Waals surface area contributed by atoms with Crippen molar-refractivity contribution < 1.29 is 8.81 Å². The lowest BCUT2D eigenvalue weighted by atomic mass is 10.0. The molecule has 0 saturated carbocycles. The highest BCUT2D eigenvalue weighted by molar-refractivity contribution is 5.56. The molecule has 2 N–H and O–H groups in total. The number of benzene rings is 1. The van der Waals surface area contributed by atoms with Crippen LogP contribution in [0, 0.1) is 12.7 Å². The topological polar surface area (TPSA) is 57.1 Å². The first-order valence-corrected chi connectivity index (χ1v) is 9.46. The predicted molar refractivity (Wildman–Crippen MR) is 103 cm³/mol. The van der Waals surface area contributed by atoms with E-state index in [-0.39, 0.29) is 5.82 Å². The number of H-pyrrole nitrogens is 1. The molecule has 1 aliphatic rings. The minimum absolute atomic E-state index is 0.176. The molecule has 27 heavy (non-hydrogen) atoms. The SMILES string of the molecule is Cc1ccc(-c2[nH]ncc2CNC2CCN(Cc3ccc(F)cc3)CC2)o1. The second-order valence-corrected chi connectivity index (χ2v) is 7.24. The molecule has 3 aromatic rings. The summed E-state index contributed by atoms with van der Waals surface area (Å²) >= 11 is 0. The van der Waals surface area contributed by atoms with Gasteiger partial charge in [0.05, 0.1) is 6.20 Å². The van der Waals surface area contributed by atoms with Crippen molar-refractivity contribution in [2.45, 2.75) is 38.9 Å². The van der Waals surface area contributed by atoms with Gasteiger partial charge in [0, 0.05) is 24.7 Å². The van der Waals surface area contributed by atoms with Crippen molar-refractivity contribution in [1.82, 2.24) is 20.4 Å². The lowest BCUT2D eigenvalue weighted by Crippen LogP contribution is -2.41. The fourth-order valence-electron chi connectivity index (χ4n) is 3.62. The summed E-state index contributed by atoms with van der Waals surface area (Å²) in [6.45, 7) is 5.69. The van der Waals surface area contributed by atoms with Gasteiger partial charge in [0.1, 0.15) is 17.3 Å². The summed E-state index contributed by atoms with van der Waals surface area (Å²) < 4.78 is 18.7. The quantitative estimate of drug-likeness (QED) is 0.693. The van der Waals surface area contributed by atoms with E-state index in [1.807, 2.05) is 37.4 Å². The minimum Gasteiger partial charge on any atom is -0.460 e. The van der Waals surface area contributed by atoms with E-state index in [1.54, 1.807) is 0 Å². The number of furan rings is 1. The number of hydrogen-bond acceptors (Lipinski definition) is 4. The molecule has 6 heteroatoms. The first kappa shape index (κ1) is 17.9. The van der Waals surface area contributed by atoms with Crippen LogP contribution < -0.4 is 5.32 Å². The Kier molecular flexibility index (Phi) is 5.36. The third kappa shape index (κ3) is 4.46. The monoisotopic (exact) mass is 368 g/mol. The summed E-state index contributed by atoms with van der Waals surface area (Å²) in [5.74, 6) is 1.55. The van der Waals surface area contributed by atoms with Gasteiger partial charge in [0.2, 0.25) is 0 Å². The Morgan fingerprint density at radius 3 is 2.67 bits per heavy atom. The summed E-state index contributed by atoms with van der Waals surface area (Å²) in [6.07, 6.45) is 4.08.